The van der Waals surface area contributed by atoms with E-state index in [0.717, 1.165) is 31.9 Å². The lowest BCUT2D eigenvalue weighted by molar-refractivity contribution is 0.0662. The maximum absolute atomic E-state index is 12.2. The van der Waals surface area contributed by atoms with Gasteiger partial charge in [-0.15, -0.1) is 0 Å². The van der Waals surface area contributed by atoms with E-state index in [0.29, 0.717) is 5.56 Å². The summed E-state index contributed by atoms with van der Waals surface area (Å²) in [5.41, 5.74) is 4.55. The number of rotatable bonds is 3. The number of aromatic nitrogens is 2. The first-order chi connectivity index (χ1) is 10.2. The van der Waals surface area contributed by atoms with Crippen LogP contribution in [-0.4, -0.2) is 58.8 Å². The second-order valence-corrected chi connectivity index (χ2v) is 5.23. The molecule has 1 saturated heterocycles. The lowest BCUT2D eigenvalue weighted by Gasteiger charge is -2.32. The molecular weight excluding hydrogens is 266 g/mol. The van der Waals surface area contributed by atoms with Crippen LogP contribution in [0.1, 0.15) is 10.4 Å². The molecule has 1 aromatic heterocycles. The van der Waals surface area contributed by atoms with Gasteiger partial charge < -0.3 is 4.90 Å². The van der Waals surface area contributed by atoms with Gasteiger partial charge in [0, 0.05) is 44.1 Å². The van der Waals surface area contributed by atoms with E-state index in [4.69, 9.17) is 0 Å². The zero-order chi connectivity index (χ0) is 14.7. The van der Waals surface area contributed by atoms with Crippen molar-refractivity contribution >= 4 is 5.91 Å². The molecule has 2 heterocycles. The summed E-state index contributed by atoms with van der Waals surface area (Å²) in [4.78, 5) is 14.5. The van der Waals surface area contributed by atoms with Gasteiger partial charge in [-0.2, -0.15) is 5.10 Å². The summed E-state index contributed by atoms with van der Waals surface area (Å²) < 4.78 is 1.77. The first kappa shape index (κ1) is 13.8. The largest absolute Gasteiger partial charge is 0.304 e. The summed E-state index contributed by atoms with van der Waals surface area (Å²) >= 11 is 0. The van der Waals surface area contributed by atoms with Gasteiger partial charge in [-0.25, -0.2) is 9.69 Å². The van der Waals surface area contributed by atoms with Crippen LogP contribution in [0.2, 0.25) is 0 Å². The molecule has 21 heavy (non-hydrogen) atoms. The maximum atomic E-state index is 12.2. The third-order valence-electron chi connectivity index (χ3n) is 3.66. The van der Waals surface area contributed by atoms with Crippen molar-refractivity contribution in [3.63, 3.8) is 0 Å². The molecule has 0 atom stereocenters. The third-order valence-corrected chi connectivity index (χ3v) is 3.66. The number of likely N-dealkylation sites (N-methyl/N-ethyl adjacent to an activating group) is 1. The molecule has 110 valence electrons. The van der Waals surface area contributed by atoms with Crippen LogP contribution in [0.5, 0.6) is 0 Å². The molecule has 6 nitrogen and oxygen atoms in total. The maximum Gasteiger partial charge on any atom is 0.265 e. The molecule has 0 radical (unpaired) electrons. The van der Waals surface area contributed by atoms with Gasteiger partial charge in [-0.3, -0.25) is 10.2 Å². The normalized spacial score (nSPS) is 16.8. The van der Waals surface area contributed by atoms with Crippen molar-refractivity contribution in [3.8, 4) is 5.69 Å². The van der Waals surface area contributed by atoms with Crippen LogP contribution in [-0.2, 0) is 0 Å². The van der Waals surface area contributed by atoms with E-state index in [1.54, 1.807) is 10.9 Å². The minimum Gasteiger partial charge on any atom is -0.304 e. The molecule has 0 unspecified atom stereocenters. The molecule has 2 aromatic rings. The Hall–Kier alpha value is -2.18. The average Bonchev–Trinajstić information content (AvgIpc) is 3.04. The summed E-state index contributed by atoms with van der Waals surface area (Å²) in [5.74, 6) is -0.0634. The number of carbonyl (C=O) groups excluding carboxylic acids is 1. The number of carbonyl (C=O) groups is 1. The highest BCUT2D eigenvalue weighted by molar-refractivity contribution is 5.94. The van der Waals surface area contributed by atoms with Crippen molar-refractivity contribution in [2.75, 3.05) is 33.2 Å². The topological polar surface area (TPSA) is 53.4 Å². The minimum absolute atomic E-state index is 0.0634. The highest BCUT2D eigenvalue weighted by atomic mass is 16.2. The zero-order valence-corrected chi connectivity index (χ0v) is 12.1. The Kier molecular flexibility index (Phi) is 3.98. The van der Waals surface area contributed by atoms with Crippen LogP contribution in [0.4, 0.5) is 0 Å². The lowest BCUT2D eigenvalue weighted by atomic mass is 10.2. The number of piperazine rings is 1. The van der Waals surface area contributed by atoms with Crippen molar-refractivity contribution in [1.82, 2.24) is 25.1 Å². The second kappa shape index (κ2) is 6.07. The van der Waals surface area contributed by atoms with Crippen molar-refractivity contribution in [2.24, 2.45) is 0 Å². The van der Waals surface area contributed by atoms with Crippen LogP contribution in [0.15, 0.2) is 42.7 Å². The zero-order valence-electron chi connectivity index (χ0n) is 12.1. The molecular formula is C15H19N5O. The van der Waals surface area contributed by atoms with E-state index < -0.39 is 0 Å². The highest BCUT2D eigenvalue weighted by Crippen LogP contribution is 2.09. The lowest BCUT2D eigenvalue weighted by Crippen LogP contribution is -2.52. The molecule has 1 aromatic carbocycles. The predicted octanol–water partition coefficient (Wildman–Crippen LogP) is 0.764. The molecule has 3 rings (SSSR count). The van der Waals surface area contributed by atoms with E-state index >= 15 is 0 Å². The van der Waals surface area contributed by atoms with Crippen LogP contribution in [0.3, 0.4) is 0 Å². The van der Waals surface area contributed by atoms with Crippen molar-refractivity contribution in [1.29, 1.82) is 0 Å². The molecule has 1 fully saturated rings. The second-order valence-electron chi connectivity index (χ2n) is 5.23. The van der Waals surface area contributed by atoms with Gasteiger partial charge in [0.05, 0.1) is 5.69 Å². The van der Waals surface area contributed by atoms with Crippen LogP contribution >= 0.6 is 0 Å². The van der Waals surface area contributed by atoms with Gasteiger partial charge in [0.15, 0.2) is 0 Å². The SMILES string of the molecule is CN1CCN(NC(=O)c2ccc(-n3cccn3)cc2)CC1. The predicted molar refractivity (Wildman–Crippen MR) is 80.1 cm³/mol. The molecule has 1 aliphatic rings. The fraction of sp³-hybridized carbons (Fsp3) is 0.333. The standard InChI is InChI=1S/C15H19N5O/c1-18-9-11-19(12-10-18)17-15(21)13-3-5-14(6-4-13)20-8-2-7-16-20/h2-8H,9-12H2,1H3,(H,17,21). The Morgan fingerprint density at radius 3 is 2.48 bits per heavy atom. The first-order valence-corrected chi connectivity index (χ1v) is 7.07. The van der Waals surface area contributed by atoms with Gasteiger partial charge in [0.25, 0.3) is 5.91 Å². The Bertz CT molecular complexity index is 585. The van der Waals surface area contributed by atoms with Crippen LogP contribution < -0.4 is 5.43 Å². The monoisotopic (exact) mass is 285 g/mol. The fourth-order valence-electron chi connectivity index (χ4n) is 2.31. The molecule has 6 heteroatoms. The summed E-state index contributed by atoms with van der Waals surface area (Å²) in [6, 6.07) is 9.30. The smallest absolute Gasteiger partial charge is 0.265 e. The van der Waals surface area contributed by atoms with E-state index in [9.17, 15) is 4.79 Å². The summed E-state index contributed by atoms with van der Waals surface area (Å²) in [7, 11) is 2.09. The van der Waals surface area contributed by atoms with Crippen LogP contribution in [0.25, 0.3) is 5.69 Å². The molecule has 0 bridgehead atoms. The van der Waals surface area contributed by atoms with Crippen LogP contribution in [0, 0.1) is 0 Å². The number of hydrazine groups is 1. The third kappa shape index (κ3) is 3.29. The van der Waals surface area contributed by atoms with E-state index in [2.05, 4.69) is 22.5 Å². The summed E-state index contributed by atoms with van der Waals surface area (Å²) in [6.07, 6.45) is 3.60. The number of hydrogen-bond donors (Lipinski definition) is 1. The Labute approximate surface area is 123 Å². The minimum atomic E-state index is -0.0634. The molecule has 1 N–H and O–H groups in total. The Balaban J connectivity index is 1.62. The number of nitrogens with zero attached hydrogens (tertiary/aromatic N) is 4. The summed E-state index contributed by atoms with van der Waals surface area (Å²) in [5, 5.41) is 6.14. The number of nitrogens with one attached hydrogen (secondary N) is 1. The highest BCUT2D eigenvalue weighted by Gasteiger charge is 2.16. The number of benzene rings is 1. The Morgan fingerprint density at radius 2 is 1.86 bits per heavy atom. The van der Waals surface area contributed by atoms with Gasteiger partial charge in [-0.05, 0) is 37.4 Å². The van der Waals surface area contributed by atoms with Gasteiger partial charge in [0.1, 0.15) is 0 Å². The van der Waals surface area contributed by atoms with E-state index in [1.165, 1.54) is 0 Å². The van der Waals surface area contributed by atoms with Crippen molar-refractivity contribution in [2.45, 2.75) is 0 Å². The first-order valence-electron chi connectivity index (χ1n) is 7.07. The van der Waals surface area contributed by atoms with Gasteiger partial charge in [-0.1, -0.05) is 0 Å². The van der Waals surface area contributed by atoms with E-state index in [-0.39, 0.29) is 5.91 Å². The molecule has 1 amide bonds. The molecule has 0 saturated carbocycles. The summed E-state index contributed by atoms with van der Waals surface area (Å²) in [6.45, 7) is 3.65. The Morgan fingerprint density at radius 1 is 1.14 bits per heavy atom. The molecule has 0 spiro atoms. The number of amides is 1. The quantitative estimate of drug-likeness (QED) is 0.905. The van der Waals surface area contributed by atoms with Crippen molar-refractivity contribution in [3.05, 3.63) is 48.3 Å². The molecule has 0 aliphatic carbocycles. The number of hydrogen-bond acceptors (Lipinski definition) is 4. The van der Waals surface area contributed by atoms with Crippen molar-refractivity contribution < 1.29 is 4.79 Å². The fourth-order valence-corrected chi connectivity index (χ4v) is 2.31. The average molecular weight is 285 g/mol. The van der Waals surface area contributed by atoms with E-state index in [1.807, 2.05) is 41.5 Å². The van der Waals surface area contributed by atoms with Gasteiger partial charge >= 0.3 is 0 Å². The molecule has 1 aliphatic heterocycles. The van der Waals surface area contributed by atoms with Gasteiger partial charge in [0.2, 0.25) is 0 Å².